The Labute approximate surface area is 118 Å². The van der Waals surface area contributed by atoms with E-state index in [2.05, 4.69) is 5.32 Å². The summed E-state index contributed by atoms with van der Waals surface area (Å²) in [5, 5.41) is 2.89. The van der Waals surface area contributed by atoms with Crippen molar-refractivity contribution in [2.45, 2.75) is 38.5 Å². The number of nitrogens with one attached hydrogen (secondary N) is 1. The third kappa shape index (κ3) is 1.58. The molecule has 4 rings (SSSR count). The number of ketones is 1. The van der Waals surface area contributed by atoms with Crippen molar-refractivity contribution in [2.75, 3.05) is 5.32 Å². The number of Topliss-reactive ketones (excluding diaryl/α,β-unsaturated/α-hetero) is 1. The van der Waals surface area contributed by atoms with Gasteiger partial charge in [-0.25, -0.2) is 0 Å². The number of rotatable bonds is 2. The molecule has 2 atom stereocenters. The predicted molar refractivity (Wildman–Crippen MR) is 76.7 cm³/mol. The van der Waals surface area contributed by atoms with E-state index >= 15 is 0 Å². The Morgan fingerprint density at radius 1 is 1.20 bits per heavy atom. The molecule has 1 N–H and O–H groups in total. The third-order valence-corrected chi connectivity index (χ3v) is 5.41. The predicted octanol–water partition coefficient (Wildman–Crippen LogP) is 3.15. The molecule has 0 saturated heterocycles. The SMILES string of the molecule is CC1(C)C(=O)Nc2ccc(C(=O)C3CC4CC4C3)cc21. The van der Waals surface area contributed by atoms with Crippen molar-refractivity contribution in [2.24, 2.45) is 17.8 Å². The van der Waals surface area contributed by atoms with Crippen molar-refractivity contribution in [3.8, 4) is 0 Å². The van der Waals surface area contributed by atoms with Crippen LogP contribution in [0.5, 0.6) is 0 Å². The van der Waals surface area contributed by atoms with Gasteiger partial charge in [-0.15, -0.1) is 0 Å². The summed E-state index contributed by atoms with van der Waals surface area (Å²) >= 11 is 0. The van der Waals surface area contributed by atoms with Crippen LogP contribution in [0.4, 0.5) is 5.69 Å². The quantitative estimate of drug-likeness (QED) is 0.838. The van der Waals surface area contributed by atoms with E-state index in [4.69, 9.17) is 0 Å². The fraction of sp³-hybridized carbons (Fsp3) is 0.529. The van der Waals surface area contributed by atoms with Gasteiger partial charge in [-0.2, -0.15) is 0 Å². The highest BCUT2D eigenvalue weighted by Gasteiger charge is 2.48. The number of carbonyl (C=O) groups is 2. The Kier molecular flexibility index (Phi) is 2.25. The maximum Gasteiger partial charge on any atom is 0.234 e. The van der Waals surface area contributed by atoms with Crippen molar-refractivity contribution in [1.82, 2.24) is 0 Å². The first kappa shape index (κ1) is 12.1. The number of carbonyl (C=O) groups excluding carboxylic acids is 2. The molecular weight excluding hydrogens is 250 g/mol. The highest BCUT2D eigenvalue weighted by Crippen LogP contribution is 2.55. The van der Waals surface area contributed by atoms with Crippen LogP contribution < -0.4 is 5.32 Å². The molecule has 0 aromatic heterocycles. The summed E-state index contributed by atoms with van der Waals surface area (Å²) in [6, 6.07) is 5.68. The Hall–Kier alpha value is -1.64. The van der Waals surface area contributed by atoms with Crippen molar-refractivity contribution in [3.05, 3.63) is 29.3 Å². The average Bonchev–Trinajstić information content (AvgIpc) is 2.96. The van der Waals surface area contributed by atoms with E-state index in [0.29, 0.717) is 0 Å². The van der Waals surface area contributed by atoms with Gasteiger partial charge >= 0.3 is 0 Å². The topological polar surface area (TPSA) is 46.2 Å². The Balaban J connectivity index is 1.66. The molecule has 20 heavy (non-hydrogen) atoms. The molecule has 2 fully saturated rings. The van der Waals surface area contributed by atoms with Crippen molar-refractivity contribution in [1.29, 1.82) is 0 Å². The van der Waals surface area contributed by atoms with Crippen molar-refractivity contribution >= 4 is 17.4 Å². The van der Waals surface area contributed by atoms with Gasteiger partial charge in [-0.1, -0.05) is 0 Å². The first-order valence-electron chi connectivity index (χ1n) is 7.47. The zero-order valence-electron chi connectivity index (χ0n) is 11.9. The van der Waals surface area contributed by atoms with Gasteiger partial charge in [0.05, 0.1) is 5.41 Å². The lowest BCUT2D eigenvalue weighted by Gasteiger charge is -2.17. The van der Waals surface area contributed by atoms with Gasteiger partial charge in [0.15, 0.2) is 5.78 Å². The molecular formula is C17H19NO2. The minimum absolute atomic E-state index is 0.0132. The lowest BCUT2D eigenvalue weighted by molar-refractivity contribution is -0.119. The number of benzene rings is 1. The van der Waals surface area contributed by atoms with E-state index in [1.807, 2.05) is 32.0 Å². The van der Waals surface area contributed by atoms with E-state index in [0.717, 1.165) is 41.5 Å². The van der Waals surface area contributed by atoms with Crippen LogP contribution in [-0.2, 0) is 10.2 Å². The van der Waals surface area contributed by atoms with E-state index < -0.39 is 5.41 Å². The number of amides is 1. The maximum absolute atomic E-state index is 12.6. The lowest BCUT2D eigenvalue weighted by atomic mass is 9.84. The molecule has 0 radical (unpaired) electrons. The summed E-state index contributed by atoms with van der Waals surface area (Å²) < 4.78 is 0. The van der Waals surface area contributed by atoms with Crippen LogP contribution in [-0.4, -0.2) is 11.7 Å². The first-order chi connectivity index (χ1) is 9.46. The highest BCUT2D eigenvalue weighted by molar-refractivity contribution is 6.07. The number of anilines is 1. The fourth-order valence-corrected chi connectivity index (χ4v) is 3.89. The van der Waals surface area contributed by atoms with Gasteiger partial charge < -0.3 is 5.32 Å². The van der Waals surface area contributed by atoms with Crippen LogP contribution in [0.25, 0.3) is 0 Å². The van der Waals surface area contributed by atoms with Gasteiger partial charge in [0.25, 0.3) is 0 Å². The van der Waals surface area contributed by atoms with Gasteiger partial charge in [0, 0.05) is 17.2 Å². The molecule has 1 aromatic carbocycles. The van der Waals surface area contributed by atoms with E-state index in [-0.39, 0.29) is 17.6 Å². The number of hydrogen-bond donors (Lipinski definition) is 1. The minimum Gasteiger partial charge on any atom is -0.325 e. The van der Waals surface area contributed by atoms with Crippen LogP contribution in [0.3, 0.4) is 0 Å². The van der Waals surface area contributed by atoms with Crippen molar-refractivity contribution in [3.63, 3.8) is 0 Å². The molecule has 2 unspecified atom stereocenters. The summed E-state index contributed by atoms with van der Waals surface area (Å²) in [7, 11) is 0. The molecule has 3 heteroatoms. The molecule has 0 bridgehead atoms. The molecule has 3 nitrogen and oxygen atoms in total. The summed E-state index contributed by atoms with van der Waals surface area (Å²) in [5.41, 5.74) is 2.05. The molecule has 3 aliphatic rings. The largest absolute Gasteiger partial charge is 0.325 e. The van der Waals surface area contributed by atoms with Crippen LogP contribution in [0.2, 0.25) is 0 Å². The molecule has 104 valence electrons. The highest BCUT2D eigenvalue weighted by atomic mass is 16.2. The summed E-state index contributed by atoms with van der Waals surface area (Å²) in [6.45, 7) is 3.82. The Morgan fingerprint density at radius 3 is 2.60 bits per heavy atom. The second-order valence-electron chi connectivity index (χ2n) is 7.13. The van der Waals surface area contributed by atoms with E-state index in [9.17, 15) is 9.59 Å². The van der Waals surface area contributed by atoms with Crippen LogP contribution in [0.15, 0.2) is 18.2 Å². The van der Waals surface area contributed by atoms with Gasteiger partial charge in [-0.05, 0) is 68.7 Å². The van der Waals surface area contributed by atoms with E-state index in [1.54, 1.807) is 0 Å². The number of fused-ring (bicyclic) bond motifs is 2. The van der Waals surface area contributed by atoms with Crippen LogP contribution in [0.1, 0.15) is 49.0 Å². The maximum atomic E-state index is 12.6. The first-order valence-corrected chi connectivity index (χ1v) is 7.47. The third-order valence-electron chi connectivity index (χ3n) is 5.41. The summed E-state index contributed by atoms with van der Waals surface area (Å²) in [4.78, 5) is 24.5. The Bertz CT molecular complexity index is 622. The smallest absolute Gasteiger partial charge is 0.234 e. The summed E-state index contributed by atoms with van der Waals surface area (Å²) in [6.07, 6.45) is 3.47. The minimum atomic E-state index is -0.538. The van der Waals surface area contributed by atoms with Gasteiger partial charge in [-0.3, -0.25) is 9.59 Å². The Morgan fingerprint density at radius 2 is 1.90 bits per heavy atom. The second kappa shape index (κ2) is 3.72. The molecule has 1 heterocycles. The normalized spacial score (nSPS) is 32.5. The zero-order chi connectivity index (χ0) is 14.1. The molecule has 2 saturated carbocycles. The molecule has 1 aliphatic heterocycles. The molecule has 2 aliphatic carbocycles. The average molecular weight is 269 g/mol. The molecule has 1 aromatic rings. The standard InChI is InChI=1S/C17H19NO2/c1-17(2)13-8-9(3-4-14(13)18-16(17)20)15(19)12-6-10-5-11(10)7-12/h3-4,8,10-12H,5-7H2,1-2H3,(H,18,20). The van der Waals surface area contributed by atoms with Crippen LogP contribution >= 0.6 is 0 Å². The number of hydrogen-bond acceptors (Lipinski definition) is 2. The van der Waals surface area contributed by atoms with E-state index in [1.165, 1.54) is 6.42 Å². The second-order valence-corrected chi connectivity index (χ2v) is 7.13. The van der Waals surface area contributed by atoms with Crippen molar-refractivity contribution < 1.29 is 9.59 Å². The van der Waals surface area contributed by atoms with Crippen LogP contribution in [0, 0.1) is 17.8 Å². The molecule has 1 amide bonds. The summed E-state index contributed by atoms with van der Waals surface area (Å²) in [5.74, 6) is 2.13. The molecule has 0 spiro atoms. The van der Waals surface area contributed by atoms with Gasteiger partial charge in [0.2, 0.25) is 5.91 Å². The zero-order valence-corrected chi connectivity index (χ0v) is 11.9. The fourth-order valence-electron chi connectivity index (χ4n) is 3.89. The monoisotopic (exact) mass is 269 g/mol. The van der Waals surface area contributed by atoms with Gasteiger partial charge in [0.1, 0.15) is 0 Å². The lowest BCUT2D eigenvalue weighted by Crippen LogP contribution is -2.27.